The van der Waals surface area contributed by atoms with Crippen LogP contribution in [0.1, 0.15) is 49.0 Å². The summed E-state index contributed by atoms with van der Waals surface area (Å²) < 4.78 is 0. The van der Waals surface area contributed by atoms with Crippen LogP contribution in [0.2, 0.25) is 0 Å². The molecule has 1 aromatic carbocycles. The summed E-state index contributed by atoms with van der Waals surface area (Å²) in [7, 11) is 0. The lowest BCUT2D eigenvalue weighted by atomic mass is 9.78. The van der Waals surface area contributed by atoms with Crippen molar-refractivity contribution in [2.45, 2.75) is 38.5 Å². The molecule has 0 spiro atoms. The van der Waals surface area contributed by atoms with Crippen molar-refractivity contribution in [2.75, 3.05) is 0 Å². The van der Waals surface area contributed by atoms with Gasteiger partial charge in [0.25, 0.3) is 0 Å². The topological polar surface area (TPSA) is 30.0 Å². The second-order valence-corrected chi connectivity index (χ2v) is 5.36. The molecule has 3 rings (SSSR count). The van der Waals surface area contributed by atoms with Gasteiger partial charge in [-0.25, -0.2) is 0 Å². The van der Waals surface area contributed by atoms with Gasteiger partial charge in [0.2, 0.25) is 0 Å². The highest BCUT2D eigenvalue weighted by molar-refractivity contribution is 6.19. The number of pyridine rings is 1. The highest BCUT2D eigenvalue weighted by Gasteiger charge is 2.42. The average molecular weight is 239 g/mol. The van der Waals surface area contributed by atoms with Crippen LogP contribution in [0.4, 0.5) is 0 Å². The van der Waals surface area contributed by atoms with Crippen molar-refractivity contribution in [1.29, 1.82) is 0 Å². The first-order chi connectivity index (χ1) is 8.68. The predicted molar refractivity (Wildman–Crippen MR) is 73.0 cm³/mol. The van der Waals surface area contributed by atoms with Crippen LogP contribution in [0, 0.1) is 0 Å². The maximum absolute atomic E-state index is 12.7. The Balaban J connectivity index is 2.25. The van der Waals surface area contributed by atoms with Gasteiger partial charge in [-0.1, -0.05) is 38.0 Å². The van der Waals surface area contributed by atoms with Crippen molar-refractivity contribution in [1.82, 2.24) is 4.98 Å². The molecule has 0 aliphatic heterocycles. The van der Waals surface area contributed by atoms with Crippen molar-refractivity contribution in [2.24, 2.45) is 0 Å². The van der Waals surface area contributed by atoms with Crippen molar-refractivity contribution >= 4 is 16.6 Å². The molecule has 0 N–H and O–H groups in total. The summed E-state index contributed by atoms with van der Waals surface area (Å²) in [6.07, 6.45) is 6.83. The van der Waals surface area contributed by atoms with E-state index in [1.807, 2.05) is 30.6 Å². The Hall–Kier alpha value is -1.70. The summed E-state index contributed by atoms with van der Waals surface area (Å²) in [5.74, 6) is 0.268. The van der Waals surface area contributed by atoms with E-state index in [1.165, 1.54) is 0 Å². The highest BCUT2D eigenvalue weighted by Crippen LogP contribution is 2.44. The summed E-state index contributed by atoms with van der Waals surface area (Å²) in [6.45, 7) is 4.23. The predicted octanol–water partition coefficient (Wildman–Crippen LogP) is 3.88. The first kappa shape index (κ1) is 11.4. The van der Waals surface area contributed by atoms with Gasteiger partial charge in [0.05, 0.1) is 5.41 Å². The molecule has 2 heteroatoms. The normalized spacial score (nSPS) is 21.8. The molecule has 0 bridgehead atoms. The molecular weight excluding hydrogens is 222 g/mol. The zero-order valence-corrected chi connectivity index (χ0v) is 10.9. The molecule has 0 radical (unpaired) electrons. The Kier molecular flexibility index (Phi) is 2.47. The van der Waals surface area contributed by atoms with E-state index in [2.05, 4.69) is 18.8 Å². The monoisotopic (exact) mass is 239 g/mol. The molecule has 0 fully saturated rings. The number of unbranched alkanes of at least 4 members (excludes halogenated alkanes) is 1. The average Bonchev–Trinajstić information content (AvgIpc) is 2.62. The third-order valence-electron chi connectivity index (χ3n) is 4.15. The van der Waals surface area contributed by atoms with Gasteiger partial charge in [-0.15, -0.1) is 0 Å². The highest BCUT2D eigenvalue weighted by atomic mass is 16.1. The third kappa shape index (κ3) is 1.35. The van der Waals surface area contributed by atoms with E-state index >= 15 is 0 Å². The summed E-state index contributed by atoms with van der Waals surface area (Å²) in [6, 6.07) is 5.94. The molecule has 0 amide bonds. The molecular formula is C16H17NO. The third-order valence-corrected chi connectivity index (χ3v) is 4.15. The molecule has 1 aliphatic carbocycles. The van der Waals surface area contributed by atoms with Gasteiger partial charge in [-0.05, 0) is 24.3 Å². The van der Waals surface area contributed by atoms with E-state index in [0.29, 0.717) is 0 Å². The van der Waals surface area contributed by atoms with Crippen LogP contribution in [0.15, 0.2) is 30.6 Å². The summed E-state index contributed by atoms with van der Waals surface area (Å²) in [5, 5.41) is 2.20. The summed E-state index contributed by atoms with van der Waals surface area (Å²) in [5.41, 5.74) is 1.63. The van der Waals surface area contributed by atoms with Crippen molar-refractivity contribution in [3.8, 4) is 0 Å². The fourth-order valence-corrected chi connectivity index (χ4v) is 3.04. The smallest absolute Gasteiger partial charge is 0.173 e. The second kappa shape index (κ2) is 3.91. The molecule has 18 heavy (non-hydrogen) atoms. The van der Waals surface area contributed by atoms with Gasteiger partial charge in [0.15, 0.2) is 5.78 Å². The molecule has 0 saturated heterocycles. The Morgan fingerprint density at radius 1 is 1.28 bits per heavy atom. The minimum Gasteiger partial charge on any atom is -0.293 e. The largest absolute Gasteiger partial charge is 0.293 e. The Labute approximate surface area is 107 Å². The van der Waals surface area contributed by atoms with E-state index in [4.69, 9.17) is 0 Å². The maximum atomic E-state index is 12.7. The zero-order chi connectivity index (χ0) is 12.8. The number of nitrogens with zero attached hydrogens (tertiary/aromatic N) is 1. The van der Waals surface area contributed by atoms with E-state index in [-0.39, 0.29) is 11.2 Å². The fraction of sp³-hybridized carbons (Fsp3) is 0.375. The van der Waals surface area contributed by atoms with Crippen LogP contribution in [0.5, 0.6) is 0 Å². The minimum atomic E-state index is -0.369. The van der Waals surface area contributed by atoms with Gasteiger partial charge in [-0.3, -0.25) is 9.78 Å². The zero-order valence-electron chi connectivity index (χ0n) is 10.9. The van der Waals surface area contributed by atoms with Crippen molar-refractivity contribution in [3.63, 3.8) is 0 Å². The van der Waals surface area contributed by atoms with Gasteiger partial charge in [0, 0.05) is 23.3 Å². The first-order valence-electron chi connectivity index (χ1n) is 6.60. The molecule has 0 saturated carbocycles. The van der Waals surface area contributed by atoms with Gasteiger partial charge in [0.1, 0.15) is 0 Å². The molecule has 2 nitrogen and oxygen atoms in total. The van der Waals surface area contributed by atoms with E-state index in [0.717, 1.165) is 41.2 Å². The summed E-state index contributed by atoms with van der Waals surface area (Å²) in [4.78, 5) is 17.0. The SMILES string of the molecule is CCCCC1(C)C(=O)c2cccc3cncc1c23. The lowest BCUT2D eigenvalue weighted by Gasteiger charge is -2.23. The number of carbonyl (C=O) groups is 1. The van der Waals surface area contributed by atoms with E-state index < -0.39 is 0 Å². The maximum Gasteiger partial charge on any atom is 0.173 e. The number of Topliss-reactive ketones (excluding diaryl/α,β-unsaturated/α-hetero) is 1. The van der Waals surface area contributed by atoms with E-state index in [9.17, 15) is 4.79 Å². The number of hydrogen-bond donors (Lipinski definition) is 0. The fourth-order valence-electron chi connectivity index (χ4n) is 3.04. The van der Waals surface area contributed by atoms with Crippen LogP contribution < -0.4 is 0 Å². The van der Waals surface area contributed by atoms with Crippen LogP contribution in [0.3, 0.4) is 0 Å². The first-order valence-corrected chi connectivity index (χ1v) is 6.60. The van der Waals surface area contributed by atoms with E-state index in [1.54, 1.807) is 0 Å². The van der Waals surface area contributed by atoms with Gasteiger partial charge < -0.3 is 0 Å². The molecule has 2 aromatic rings. The standard InChI is InChI=1S/C16H17NO/c1-3-4-8-16(2)13-10-17-9-11-6-5-7-12(14(11)13)15(16)18/h5-7,9-10H,3-4,8H2,1-2H3. The van der Waals surface area contributed by atoms with Crippen molar-refractivity contribution < 1.29 is 4.79 Å². The van der Waals surface area contributed by atoms with Crippen LogP contribution in [0.25, 0.3) is 10.8 Å². The lowest BCUT2D eigenvalue weighted by molar-refractivity contribution is 0.0898. The molecule has 1 heterocycles. The number of ketones is 1. The van der Waals surface area contributed by atoms with Crippen LogP contribution in [-0.4, -0.2) is 10.8 Å². The number of hydrogen-bond acceptors (Lipinski definition) is 2. The Bertz CT molecular complexity index is 627. The number of benzene rings is 1. The number of rotatable bonds is 3. The molecule has 1 unspecified atom stereocenters. The molecule has 1 atom stereocenters. The lowest BCUT2D eigenvalue weighted by Crippen LogP contribution is -2.28. The molecule has 1 aromatic heterocycles. The van der Waals surface area contributed by atoms with Crippen LogP contribution in [-0.2, 0) is 5.41 Å². The van der Waals surface area contributed by atoms with Gasteiger partial charge in [-0.2, -0.15) is 0 Å². The van der Waals surface area contributed by atoms with Crippen molar-refractivity contribution in [3.05, 3.63) is 41.7 Å². The Morgan fingerprint density at radius 2 is 2.11 bits per heavy atom. The quantitative estimate of drug-likeness (QED) is 0.813. The molecule has 1 aliphatic rings. The van der Waals surface area contributed by atoms with Crippen LogP contribution >= 0.6 is 0 Å². The molecule has 92 valence electrons. The number of aromatic nitrogens is 1. The van der Waals surface area contributed by atoms with Gasteiger partial charge >= 0.3 is 0 Å². The minimum absolute atomic E-state index is 0.268. The number of carbonyl (C=O) groups excluding carboxylic acids is 1. The summed E-state index contributed by atoms with van der Waals surface area (Å²) >= 11 is 0. The second-order valence-electron chi connectivity index (χ2n) is 5.36. The Morgan fingerprint density at radius 3 is 2.89 bits per heavy atom.